The Morgan fingerprint density at radius 3 is 3.09 bits per heavy atom. The molecule has 0 saturated carbocycles. The standard InChI is InChI=1S/C15H16ClN3O3/c16-12-3-1-2-10(8-12)14-17-13(22-18-14)5-7-19-6-4-11(9-19)15(20)21/h1-3,8,11H,4-7,9H2,(H,20,21). The zero-order valence-electron chi connectivity index (χ0n) is 11.9. The van der Waals surface area contributed by atoms with Crippen LogP contribution in [0.15, 0.2) is 28.8 Å². The lowest BCUT2D eigenvalue weighted by atomic mass is 10.1. The summed E-state index contributed by atoms with van der Waals surface area (Å²) in [6.07, 6.45) is 1.31. The van der Waals surface area contributed by atoms with Crippen molar-refractivity contribution in [2.75, 3.05) is 19.6 Å². The summed E-state index contributed by atoms with van der Waals surface area (Å²) in [6, 6.07) is 7.29. The highest BCUT2D eigenvalue weighted by Crippen LogP contribution is 2.20. The first-order chi connectivity index (χ1) is 10.6. The van der Waals surface area contributed by atoms with Gasteiger partial charge in [0.15, 0.2) is 0 Å². The lowest BCUT2D eigenvalue weighted by Crippen LogP contribution is -2.25. The molecule has 3 rings (SSSR count). The lowest BCUT2D eigenvalue weighted by molar-refractivity contribution is -0.141. The van der Waals surface area contributed by atoms with Crippen molar-refractivity contribution < 1.29 is 14.4 Å². The fourth-order valence-electron chi connectivity index (χ4n) is 2.59. The second-order valence-corrected chi connectivity index (χ2v) is 5.83. The van der Waals surface area contributed by atoms with Crippen molar-refractivity contribution in [1.29, 1.82) is 0 Å². The summed E-state index contributed by atoms with van der Waals surface area (Å²) in [5, 5.41) is 13.6. The number of benzene rings is 1. The van der Waals surface area contributed by atoms with Crippen molar-refractivity contribution in [2.24, 2.45) is 5.92 Å². The fourth-order valence-corrected chi connectivity index (χ4v) is 2.78. The Balaban J connectivity index is 1.58. The number of carboxylic acids is 1. The zero-order chi connectivity index (χ0) is 15.5. The van der Waals surface area contributed by atoms with Crippen molar-refractivity contribution in [3.63, 3.8) is 0 Å². The number of nitrogens with zero attached hydrogens (tertiary/aromatic N) is 3. The van der Waals surface area contributed by atoms with E-state index in [0.717, 1.165) is 18.7 Å². The second-order valence-electron chi connectivity index (χ2n) is 5.40. The lowest BCUT2D eigenvalue weighted by Gasteiger charge is -2.12. The first-order valence-electron chi connectivity index (χ1n) is 7.15. The molecular weight excluding hydrogens is 306 g/mol. The van der Waals surface area contributed by atoms with E-state index < -0.39 is 5.97 Å². The molecule has 0 bridgehead atoms. The van der Waals surface area contributed by atoms with Crippen LogP contribution in [-0.2, 0) is 11.2 Å². The molecule has 2 heterocycles. The van der Waals surface area contributed by atoms with E-state index in [4.69, 9.17) is 21.2 Å². The van der Waals surface area contributed by atoms with Crippen LogP contribution in [0.4, 0.5) is 0 Å². The summed E-state index contributed by atoms with van der Waals surface area (Å²) < 4.78 is 5.25. The van der Waals surface area contributed by atoms with Crippen LogP contribution >= 0.6 is 11.6 Å². The molecule has 1 aliphatic rings. The van der Waals surface area contributed by atoms with E-state index in [1.807, 2.05) is 12.1 Å². The van der Waals surface area contributed by atoms with Crippen LogP contribution in [0.3, 0.4) is 0 Å². The summed E-state index contributed by atoms with van der Waals surface area (Å²) >= 11 is 5.95. The van der Waals surface area contributed by atoms with Crippen LogP contribution < -0.4 is 0 Å². The minimum Gasteiger partial charge on any atom is -0.481 e. The average molecular weight is 322 g/mol. The molecule has 6 nitrogen and oxygen atoms in total. The quantitative estimate of drug-likeness (QED) is 0.910. The molecular formula is C15H16ClN3O3. The monoisotopic (exact) mass is 321 g/mol. The Labute approximate surface area is 132 Å². The van der Waals surface area contributed by atoms with E-state index in [-0.39, 0.29) is 5.92 Å². The smallest absolute Gasteiger partial charge is 0.307 e. The molecule has 7 heteroatoms. The number of carboxylic acid groups (broad SMARTS) is 1. The van der Waals surface area contributed by atoms with Gasteiger partial charge in [-0.25, -0.2) is 0 Å². The zero-order valence-corrected chi connectivity index (χ0v) is 12.7. The number of likely N-dealkylation sites (tertiary alicyclic amines) is 1. The molecule has 0 amide bonds. The largest absolute Gasteiger partial charge is 0.481 e. The number of hydrogen-bond donors (Lipinski definition) is 1. The Hall–Kier alpha value is -1.92. The number of hydrogen-bond acceptors (Lipinski definition) is 5. The second kappa shape index (κ2) is 6.46. The normalized spacial score (nSPS) is 18.7. The van der Waals surface area contributed by atoms with Gasteiger partial charge in [0.2, 0.25) is 11.7 Å². The van der Waals surface area contributed by atoms with Crippen molar-refractivity contribution in [3.8, 4) is 11.4 Å². The van der Waals surface area contributed by atoms with Gasteiger partial charge in [-0.2, -0.15) is 4.98 Å². The van der Waals surface area contributed by atoms with Gasteiger partial charge in [-0.05, 0) is 25.1 Å². The minimum atomic E-state index is -0.719. The summed E-state index contributed by atoms with van der Waals surface area (Å²) in [4.78, 5) is 17.4. The highest BCUT2D eigenvalue weighted by Gasteiger charge is 2.27. The molecule has 1 aromatic heterocycles. The SMILES string of the molecule is O=C(O)C1CCN(CCc2nc(-c3cccc(Cl)c3)no2)C1. The predicted molar refractivity (Wildman–Crippen MR) is 80.6 cm³/mol. The van der Waals surface area contributed by atoms with Gasteiger partial charge in [0.05, 0.1) is 5.92 Å². The van der Waals surface area contributed by atoms with E-state index in [2.05, 4.69) is 15.0 Å². The molecule has 0 aliphatic carbocycles. The molecule has 1 unspecified atom stereocenters. The molecule has 0 spiro atoms. The Morgan fingerprint density at radius 1 is 1.50 bits per heavy atom. The van der Waals surface area contributed by atoms with Crippen molar-refractivity contribution in [2.45, 2.75) is 12.8 Å². The molecule has 1 N–H and O–H groups in total. The van der Waals surface area contributed by atoms with Crippen LogP contribution in [0.5, 0.6) is 0 Å². The molecule has 1 aromatic carbocycles. The van der Waals surface area contributed by atoms with Crippen molar-refractivity contribution in [3.05, 3.63) is 35.2 Å². The molecule has 1 atom stereocenters. The van der Waals surface area contributed by atoms with E-state index in [9.17, 15) is 4.79 Å². The molecule has 1 saturated heterocycles. The highest BCUT2D eigenvalue weighted by atomic mass is 35.5. The van der Waals surface area contributed by atoms with Gasteiger partial charge >= 0.3 is 5.97 Å². The van der Waals surface area contributed by atoms with Crippen LogP contribution in [0.1, 0.15) is 12.3 Å². The van der Waals surface area contributed by atoms with E-state index in [0.29, 0.717) is 36.1 Å². The first kappa shape index (κ1) is 15.0. The van der Waals surface area contributed by atoms with Gasteiger partial charge in [-0.15, -0.1) is 0 Å². The number of halogens is 1. The predicted octanol–water partition coefficient (Wildman–Crippen LogP) is 2.34. The highest BCUT2D eigenvalue weighted by molar-refractivity contribution is 6.30. The first-order valence-corrected chi connectivity index (χ1v) is 7.53. The summed E-state index contributed by atoms with van der Waals surface area (Å²) in [5.41, 5.74) is 0.814. The van der Waals surface area contributed by atoms with Gasteiger partial charge in [0.1, 0.15) is 0 Å². The third-order valence-electron chi connectivity index (χ3n) is 3.81. The topological polar surface area (TPSA) is 79.5 Å². The fraction of sp³-hybridized carbons (Fsp3) is 0.400. The minimum absolute atomic E-state index is 0.260. The molecule has 22 heavy (non-hydrogen) atoms. The number of aromatic nitrogens is 2. The molecule has 1 fully saturated rings. The number of aliphatic carboxylic acids is 1. The van der Waals surface area contributed by atoms with Gasteiger partial charge in [0, 0.05) is 30.1 Å². The third kappa shape index (κ3) is 3.45. The third-order valence-corrected chi connectivity index (χ3v) is 4.05. The average Bonchev–Trinajstić information content (AvgIpc) is 3.14. The van der Waals surface area contributed by atoms with Gasteiger partial charge in [0.25, 0.3) is 0 Å². The van der Waals surface area contributed by atoms with Crippen LogP contribution in [0.25, 0.3) is 11.4 Å². The Bertz CT molecular complexity index is 674. The van der Waals surface area contributed by atoms with Gasteiger partial charge < -0.3 is 14.5 Å². The summed E-state index contributed by atoms with van der Waals surface area (Å²) in [6.45, 7) is 2.11. The Kier molecular flexibility index (Phi) is 4.40. The van der Waals surface area contributed by atoms with Crippen LogP contribution in [0.2, 0.25) is 5.02 Å². The van der Waals surface area contributed by atoms with Crippen LogP contribution in [0, 0.1) is 5.92 Å². The summed E-state index contributed by atoms with van der Waals surface area (Å²) in [7, 11) is 0. The maximum absolute atomic E-state index is 10.9. The van der Waals surface area contributed by atoms with Crippen LogP contribution in [-0.4, -0.2) is 45.8 Å². The maximum Gasteiger partial charge on any atom is 0.307 e. The van der Waals surface area contributed by atoms with Gasteiger partial charge in [-0.1, -0.05) is 28.9 Å². The van der Waals surface area contributed by atoms with E-state index in [1.54, 1.807) is 12.1 Å². The molecule has 0 radical (unpaired) electrons. The van der Waals surface area contributed by atoms with Crippen molar-refractivity contribution in [1.82, 2.24) is 15.0 Å². The maximum atomic E-state index is 10.9. The van der Waals surface area contributed by atoms with E-state index in [1.165, 1.54) is 0 Å². The summed E-state index contributed by atoms with van der Waals surface area (Å²) in [5.74, 6) is 0.0873. The van der Waals surface area contributed by atoms with E-state index >= 15 is 0 Å². The van der Waals surface area contributed by atoms with Crippen molar-refractivity contribution >= 4 is 17.6 Å². The molecule has 1 aliphatic heterocycles. The molecule has 2 aromatic rings. The van der Waals surface area contributed by atoms with Gasteiger partial charge in [-0.3, -0.25) is 4.79 Å². The number of rotatable bonds is 5. The Morgan fingerprint density at radius 2 is 2.36 bits per heavy atom. The molecule has 116 valence electrons. The number of carbonyl (C=O) groups is 1.